The van der Waals surface area contributed by atoms with Gasteiger partial charge in [-0.2, -0.15) is 0 Å². The molecule has 4 heterocycles. The number of aliphatic hydroxyl groups is 1. The number of esters is 1. The van der Waals surface area contributed by atoms with Crippen LogP contribution in [0.3, 0.4) is 0 Å². The van der Waals surface area contributed by atoms with Crippen LogP contribution in [-0.4, -0.2) is 66.7 Å². The number of carbonyl (C=O) groups excluding carboxylic acids is 1. The highest BCUT2D eigenvalue weighted by molar-refractivity contribution is 5.78. The molecule has 1 aliphatic carbocycles. The molecule has 10 atom stereocenters. The Morgan fingerprint density at radius 3 is 2.67 bits per heavy atom. The molecule has 1 spiro atoms. The molecule has 5 aliphatic rings. The van der Waals surface area contributed by atoms with Gasteiger partial charge in [-0.05, 0) is 63.0 Å². The smallest absolute Gasteiger partial charge is 0.316 e. The van der Waals surface area contributed by atoms with Gasteiger partial charge in [0.1, 0.15) is 29.8 Å². The summed E-state index contributed by atoms with van der Waals surface area (Å²) in [7, 11) is 1.61. The molecule has 4 aliphatic heterocycles. The molecular formula is C32H46O7. The topological polar surface area (TPSA) is 83.5 Å². The monoisotopic (exact) mass is 542 g/mol. The van der Waals surface area contributed by atoms with Crippen LogP contribution in [0.1, 0.15) is 73.1 Å². The van der Waals surface area contributed by atoms with Gasteiger partial charge in [-0.3, -0.25) is 4.79 Å². The van der Waals surface area contributed by atoms with Crippen molar-refractivity contribution < 1.29 is 33.6 Å². The lowest BCUT2D eigenvalue weighted by molar-refractivity contribution is -0.332. The summed E-state index contributed by atoms with van der Waals surface area (Å²) in [5, 5.41) is 12.2. The first-order chi connectivity index (χ1) is 18.5. The van der Waals surface area contributed by atoms with E-state index in [9.17, 15) is 9.90 Å². The highest BCUT2D eigenvalue weighted by Crippen LogP contribution is 2.47. The number of hydrogen-bond acceptors (Lipinski definition) is 7. The van der Waals surface area contributed by atoms with Crippen LogP contribution < -0.4 is 0 Å². The Kier molecular flexibility index (Phi) is 8.29. The zero-order valence-corrected chi connectivity index (χ0v) is 24.4. The first-order valence-electron chi connectivity index (χ1n) is 14.7. The van der Waals surface area contributed by atoms with Gasteiger partial charge in [0.25, 0.3) is 0 Å². The first-order valence-corrected chi connectivity index (χ1v) is 14.7. The lowest BCUT2D eigenvalue weighted by Crippen LogP contribution is -2.58. The summed E-state index contributed by atoms with van der Waals surface area (Å²) in [5.74, 6) is -1.33. The number of carbonyl (C=O) groups is 1. The van der Waals surface area contributed by atoms with Crippen LogP contribution in [0.4, 0.5) is 0 Å². The highest BCUT2D eigenvalue weighted by atomic mass is 16.7. The summed E-state index contributed by atoms with van der Waals surface area (Å²) < 4.78 is 31.3. The Morgan fingerprint density at radius 1 is 1.13 bits per heavy atom. The van der Waals surface area contributed by atoms with E-state index >= 15 is 0 Å². The van der Waals surface area contributed by atoms with Crippen molar-refractivity contribution >= 4 is 5.97 Å². The standard InChI is InChI=1S/C32H46O7/c1-19-8-7-9-24-18-36-29-28(35-6)22(4)15-27(32(24,29)34)30(33)37-26-16-25(11-10-20(2)14-19)39-31(17-26)13-12-21(3)23(5)38-31/h7-10,15,19,21,23,25-29,34H,11-14,16-18H2,1-6H3/b8-7+,20-10+,24-9-/t19-,21+,23-,25-,26-,27?,28+,29-,31-,32-/m0/s1. The minimum Gasteiger partial charge on any atom is -0.462 e. The van der Waals surface area contributed by atoms with Gasteiger partial charge in [0.05, 0.1) is 18.8 Å². The summed E-state index contributed by atoms with van der Waals surface area (Å²) >= 11 is 0. The van der Waals surface area contributed by atoms with Crippen LogP contribution in [0.5, 0.6) is 0 Å². The van der Waals surface area contributed by atoms with Gasteiger partial charge in [-0.15, -0.1) is 0 Å². The Hall–Kier alpha value is -1.77. The number of ether oxygens (including phenoxy) is 5. The SMILES string of the molecule is CO[C@@H]1C(C)=CC2C(=O)O[C@H]3C[C@H](C/C=C(\C)C[C@@H](C)/C=C/C=C4/CO[C@@H]1[C@]42O)O[C@@]1(CC[C@@H](C)[C@H](C)O1)C3. The Morgan fingerprint density at radius 2 is 1.92 bits per heavy atom. The van der Waals surface area contributed by atoms with Gasteiger partial charge in [-0.25, -0.2) is 0 Å². The van der Waals surface area contributed by atoms with Gasteiger partial charge in [0, 0.05) is 26.4 Å². The Labute approximate surface area is 233 Å². The fourth-order valence-electron chi connectivity index (χ4n) is 7.14. The lowest BCUT2D eigenvalue weighted by atomic mass is 9.70. The number of rotatable bonds is 1. The molecule has 0 radical (unpaired) electrons. The van der Waals surface area contributed by atoms with Crippen LogP contribution in [0.2, 0.25) is 0 Å². The van der Waals surface area contributed by atoms with E-state index < -0.39 is 35.5 Å². The molecule has 3 saturated heterocycles. The fourth-order valence-corrected chi connectivity index (χ4v) is 7.14. The number of hydrogen-bond donors (Lipinski definition) is 1. The second kappa shape index (κ2) is 11.2. The van der Waals surface area contributed by atoms with Gasteiger partial charge in [0.2, 0.25) is 0 Å². The molecule has 216 valence electrons. The van der Waals surface area contributed by atoms with Crippen molar-refractivity contribution in [3.8, 4) is 0 Å². The van der Waals surface area contributed by atoms with Crippen LogP contribution in [0, 0.1) is 17.8 Å². The summed E-state index contributed by atoms with van der Waals surface area (Å²) in [4.78, 5) is 13.9. The van der Waals surface area contributed by atoms with Crippen LogP contribution >= 0.6 is 0 Å². The second-order valence-electron chi connectivity index (χ2n) is 12.6. The van der Waals surface area contributed by atoms with E-state index in [4.69, 9.17) is 23.7 Å². The molecule has 1 unspecified atom stereocenters. The zero-order valence-electron chi connectivity index (χ0n) is 24.4. The molecule has 2 bridgehead atoms. The molecule has 0 amide bonds. The molecule has 7 heteroatoms. The summed E-state index contributed by atoms with van der Waals surface area (Å²) in [6, 6.07) is 0. The van der Waals surface area contributed by atoms with Crippen LogP contribution in [-0.2, 0) is 28.5 Å². The minimum atomic E-state index is -1.55. The molecule has 1 N–H and O–H groups in total. The molecule has 0 aromatic carbocycles. The molecule has 0 saturated carbocycles. The Bertz CT molecular complexity index is 1060. The van der Waals surface area contributed by atoms with E-state index in [1.807, 2.05) is 25.2 Å². The predicted octanol–water partition coefficient (Wildman–Crippen LogP) is 5.19. The first kappa shape index (κ1) is 28.7. The van der Waals surface area contributed by atoms with Crippen LogP contribution in [0.25, 0.3) is 0 Å². The molecule has 39 heavy (non-hydrogen) atoms. The maximum Gasteiger partial charge on any atom is 0.316 e. The van der Waals surface area contributed by atoms with E-state index in [-0.39, 0.29) is 24.9 Å². The van der Waals surface area contributed by atoms with Crippen molar-refractivity contribution in [1.82, 2.24) is 0 Å². The molecule has 0 aromatic heterocycles. The number of allylic oxidation sites excluding steroid dienone is 4. The lowest BCUT2D eigenvalue weighted by Gasteiger charge is -2.49. The third-order valence-corrected chi connectivity index (χ3v) is 9.52. The van der Waals surface area contributed by atoms with Crippen molar-refractivity contribution in [1.29, 1.82) is 0 Å². The molecule has 7 nitrogen and oxygen atoms in total. The minimum absolute atomic E-state index is 0.0660. The highest BCUT2D eigenvalue weighted by Gasteiger charge is 2.60. The summed E-state index contributed by atoms with van der Waals surface area (Å²) in [6.07, 6.45) is 13.1. The van der Waals surface area contributed by atoms with E-state index in [1.54, 1.807) is 7.11 Å². The normalized spacial score (nSPS) is 48.7. The summed E-state index contributed by atoms with van der Waals surface area (Å²) in [6.45, 7) is 10.8. The van der Waals surface area contributed by atoms with Crippen molar-refractivity contribution in [2.24, 2.45) is 17.8 Å². The molecular weight excluding hydrogens is 496 g/mol. The van der Waals surface area contributed by atoms with Gasteiger partial charge in [0.15, 0.2) is 5.79 Å². The summed E-state index contributed by atoms with van der Waals surface area (Å²) in [5.41, 5.74) is 1.27. The Balaban J connectivity index is 1.52. The van der Waals surface area contributed by atoms with Crippen molar-refractivity contribution in [3.05, 3.63) is 47.1 Å². The molecule has 5 rings (SSSR count). The van der Waals surface area contributed by atoms with Gasteiger partial charge < -0.3 is 28.8 Å². The van der Waals surface area contributed by atoms with Gasteiger partial charge in [-0.1, -0.05) is 49.8 Å². The van der Waals surface area contributed by atoms with E-state index in [1.165, 1.54) is 5.57 Å². The number of fused-ring (bicyclic) bond motifs is 2. The van der Waals surface area contributed by atoms with E-state index in [2.05, 4.69) is 39.8 Å². The molecule has 0 aromatic rings. The quantitative estimate of drug-likeness (QED) is 0.361. The number of methoxy groups -OCH3 is 1. The fraction of sp³-hybridized carbons (Fsp3) is 0.719. The van der Waals surface area contributed by atoms with E-state index in [0.29, 0.717) is 30.3 Å². The van der Waals surface area contributed by atoms with Crippen molar-refractivity contribution in [3.63, 3.8) is 0 Å². The zero-order chi connectivity index (χ0) is 27.9. The third-order valence-electron chi connectivity index (χ3n) is 9.52. The van der Waals surface area contributed by atoms with Crippen molar-refractivity contribution in [2.75, 3.05) is 13.7 Å². The predicted molar refractivity (Wildman–Crippen MR) is 148 cm³/mol. The average molecular weight is 543 g/mol. The maximum atomic E-state index is 13.9. The molecule has 3 fully saturated rings. The van der Waals surface area contributed by atoms with Gasteiger partial charge >= 0.3 is 5.97 Å². The maximum absolute atomic E-state index is 13.9. The van der Waals surface area contributed by atoms with E-state index in [0.717, 1.165) is 31.3 Å². The largest absolute Gasteiger partial charge is 0.462 e. The van der Waals surface area contributed by atoms with Crippen molar-refractivity contribution in [2.45, 2.75) is 115 Å². The van der Waals surface area contributed by atoms with Crippen LogP contribution in [0.15, 0.2) is 47.1 Å². The second-order valence-corrected chi connectivity index (χ2v) is 12.6. The average Bonchev–Trinajstić information content (AvgIpc) is 3.21. The third kappa shape index (κ3) is 5.58.